The fraction of sp³-hybridized carbons (Fsp3) is 0.381. The predicted molar refractivity (Wildman–Crippen MR) is 109 cm³/mol. The Labute approximate surface area is 170 Å². The Balaban J connectivity index is 1.73. The fourth-order valence-corrected chi connectivity index (χ4v) is 4.36. The van der Waals surface area contributed by atoms with E-state index in [1.54, 1.807) is 6.07 Å². The van der Waals surface area contributed by atoms with Gasteiger partial charge in [-0.25, -0.2) is 12.8 Å². The summed E-state index contributed by atoms with van der Waals surface area (Å²) < 4.78 is 46.9. The molecule has 2 aromatic carbocycles. The smallest absolute Gasteiger partial charge is 0.262 e. The molecule has 2 aromatic rings. The van der Waals surface area contributed by atoms with Crippen molar-refractivity contribution in [1.29, 1.82) is 0 Å². The van der Waals surface area contributed by atoms with E-state index in [0.29, 0.717) is 18.9 Å². The summed E-state index contributed by atoms with van der Waals surface area (Å²) in [4.78, 5) is 12.5. The van der Waals surface area contributed by atoms with Crippen LogP contribution < -0.4 is 10.0 Å². The normalized spacial score (nSPS) is 19.7. The summed E-state index contributed by atoms with van der Waals surface area (Å²) >= 11 is 0. The highest BCUT2D eigenvalue weighted by Crippen LogP contribution is 2.22. The van der Waals surface area contributed by atoms with Gasteiger partial charge in [0.1, 0.15) is 5.82 Å². The van der Waals surface area contributed by atoms with E-state index in [0.717, 1.165) is 6.42 Å². The van der Waals surface area contributed by atoms with Crippen molar-refractivity contribution in [2.45, 2.75) is 43.7 Å². The van der Waals surface area contributed by atoms with Crippen molar-refractivity contribution in [3.05, 3.63) is 59.9 Å². The minimum Gasteiger partial charge on any atom is -0.378 e. The van der Waals surface area contributed by atoms with Gasteiger partial charge in [-0.3, -0.25) is 9.52 Å². The first-order chi connectivity index (χ1) is 13.8. The van der Waals surface area contributed by atoms with Gasteiger partial charge in [0.05, 0.1) is 16.7 Å². The standard InChI is InChI=1S/C21H25FN2O4S/c1-14(2)20-13-16(10-11-28-20)23-21(25)15-6-5-7-17(12-15)29(26,27)24-19-9-4-3-8-18(19)22/h3-9,12,14,16,20,24H,10-11,13H2,1-2H3,(H,23,25). The number of amides is 1. The number of ether oxygens (including phenoxy) is 1. The molecule has 156 valence electrons. The summed E-state index contributed by atoms with van der Waals surface area (Å²) in [6, 6.07) is 11.2. The molecule has 6 nitrogen and oxygen atoms in total. The Morgan fingerprint density at radius 2 is 1.93 bits per heavy atom. The van der Waals surface area contributed by atoms with E-state index in [2.05, 4.69) is 23.9 Å². The average molecular weight is 421 g/mol. The maximum Gasteiger partial charge on any atom is 0.262 e. The van der Waals surface area contributed by atoms with Crippen LogP contribution >= 0.6 is 0 Å². The lowest BCUT2D eigenvalue weighted by molar-refractivity contribution is -0.0233. The third-order valence-electron chi connectivity index (χ3n) is 4.92. The van der Waals surface area contributed by atoms with Crippen molar-refractivity contribution in [2.24, 2.45) is 5.92 Å². The highest BCUT2D eigenvalue weighted by Gasteiger charge is 2.26. The minimum atomic E-state index is -4.03. The van der Waals surface area contributed by atoms with Crippen LogP contribution in [0.15, 0.2) is 53.4 Å². The number of benzene rings is 2. The van der Waals surface area contributed by atoms with Gasteiger partial charge in [-0.2, -0.15) is 0 Å². The van der Waals surface area contributed by atoms with Crippen molar-refractivity contribution in [1.82, 2.24) is 5.32 Å². The number of hydrogen-bond acceptors (Lipinski definition) is 4. The SMILES string of the molecule is CC(C)C1CC(NC(=O)c2cccc(S(=O)(=O)Nc3ccccc3F)c2)CCO1. The topological polar surface area (TPSA) is 84.5 Å². The highest BCUT2D eigenvalue weighted by atomic mass is 32.2. The Hall–Kier alpha value is -2.45. The van der Waals surface area contributed by atoms with Gasteiger partial charge in [-0.1, -0.05) is 32.0 Å². The first-order valence-corrected chi connectivity index (χ1v) is 11.0. The van der Waals surface area contributed by atoms with Crippen molar-refractivity contribution < 1.29 is 22.3 Å². The molecule has 1 amide bonds. The number of carbonyl (C=O) groups is 1. The fourth-order valence-electron chi connectivity index (χ4n) is 3.24. The molecule has 2 unspecified atom stereocenters. The zero-order chi connectivity index (χ0) is 21.0. The van der Waals surface area contributed by atoms with Crippen LogP contribution in [0.5, 0.6) is 0 Å². The molecule has 2 atom stereocenters. The first-order valence-electron chi connectivity index (χ1n) is 9.56. The van der Waals surface area contributed by atoms with Gasteiger partial charge in [0.25, 0.3) is 15.9 Å². The van der Waals surface area contributed by atoms with E-state index < -0.39 is 15.8 Å². The van der Waals surface area contributed by atoms with Gasteiger partial charge in [0.2, 0.25) is 0 Å². The molecule has 2 N–H and O–H groups in total. The van der Waals surface area contributed by atoms with Crippen LogP contribution in [0.2, 0.25) is 0 Å². The number of halogens is 1. The van der Waals surface area contributed by atoms with Crippen LogP contribution in [-0.4, -0.2) is 33.1 Å². The van der Waals surface area contributed by atoms with Crippen LogP contribution in [0, 0.1) is 11.7 Å². The Bertz CT molecular complexity index is 978. The van der Waals surface area contributed by atoms with Crippen LogP contribution in [0.25, 0.3) is 0 Å². The summed E-state index contributed by atoms with van der Waals surface area (Å²) in [5.41, 5.74) is 0.0817. The molecule has 1 fully saturated rings. The molecule has 8 heteroatoms. The molecule has 0 aliphatic carbocycles. The molecular weight excluding hydrogens is 395 g/mol. The zero-order valence-corrected chi connectivity index (χ0v) is 17.2. The second-order valence-electron chi connectivity index (χ2n) is 7.46. The molecule has 0 saturated carbocycles. The Morgan fingerprint density at radius 3 is 2.66 bits per heavy atom. The van der Waals surface area contributed by atoms with Gasteiger partial charge in [0.15, 0.2) is 0 Å². The Kier molecular flexibility index (Phi) is 6.54. The lowest BCUT2D eigenvalue weighted by Crippen LogP contribution is -2.43. The maximum atomic E-state index is 13.8. The highest BCUT2D eigenvalue weighted by molar-refractivity contribution is 7.92. The molecule has 0 aromatic heterocycles. The first kappa shape index (κ1) is 21.3. The minimum absolute atomic E-state index is 0.0274. The van der Waals surface area contributed by atoms with E-state index in [9.17, 15) is 17.6 Å². The lowest BCUT2D eigenvalue weighted by atomic mass is 9.95. The average Bonchev–Trinajstić information content (AvgIpc) is 2.70. The molecule has 0 radical (unpaired) electrons. The molecule has 1 heterocycles. The molecule has 0 spiro atoms. The monoisotopic (exact) mass is 420 g/mol. The van der Waals surface area contributed by atoms with E-state index in [1.807, 2.05) is 0 Å². The molecule has 0 bridgehead atoms. The van der Waals surface area contributed by atoms with Crippen LogP contribution in [-0.2, 0) is 14.8 Å². The number of nitrogens with one attached hydrogen (secondary N) is 2. The van der Waals surface area contributed by atoms with Crippen molar-refractivity contribution >= 4 is 21.6 Å². The predicted octanol–water partition coefficient (Wildman–Crippen LogP) is 3.56. The van der Waals surface area contributed by atoms with Gasteiger partial charge in [-0.15, -0.1) is 0 Å². The quantitative estimate of drug-likeness (QED) is 0.748. The van der Waals surface area contributed by atoms with Crippen LogP contribution in [0.3, 0.4) is 0 Å². The Morgan fingerprint density at radius 1 is 1.17 bits per heavy atom. The number of sulfonamides is 1. The van der Waals surface area contributed by atoms with E-state index in [1.165, 1.54) is 42.5 Å². The second-order valence-corrected chi connectivity index (χ2v) is 9.14. The number of anilines is 1. The van der Waals surface area contributed by atoms with E-state index in [-0.39, 0.29) is 34.2 Å². The number of hydrogen-bond donors (Lipinski definition) is 2. The molecule has 1 aliphatic heterocycles. The summed E-state index contributed by atoms with van der Waals surface area (Å²) in [6.07, 6.45) is 1.52. The molecule has 29 heavy (non-hydrogen) atoms. The lowest BCUT2D eigenvalue weighted by Gasteiger charge is -2.32. The maximum absolute atomic E-state index is 13.8. The molecule has 1 saturated heterocycles. The third-order valence-corrected chi connectivity index (χ3v) is 6.28. The van der Waals surface area contributed by atoms with Crippen molar-refractivity contribution in [3.63, 3.8) is 0 Å². The molecule has 1 aliphatic rings. The number of carbonyl (C=O) groups excluding carboxylic acids is 1. The molecule has 3 rings (SSSR count). The largest absolute Gasteiger partial charge is 0.378 e. The van der Waals surface area contributed by atoms with Gasteiger partial charge < -0.3 is 10.1 Å². The van der Waals surface area contributed by atoms with Crippen molar-refractivity contribution in [2.75, 3.05) is 11.3 Å². The van der Waals surface area contributed by atoms with Gasteiger partial charge in [-0.05, 0) is 49.1 Å². The van der Waals surface area contributed by atoms with Gasteiger partial charge >= 0.3 is 0 Å². The van der Waals surface area contributed by atoms with E-state index >= 15 is 0 Å². The summed E-state index contributed by atoms with van der Waals surface area (Å²) in [5.74, 6) is -0.667. The summed E-state index contributed by atoms with van der Waals surface area (Å²) in [6.45, 7) is 4.73. The van der Waals surface area contributed by atoms with Crippen molar-refractivity contribution in [3.8, 4) is 0 Å². The second kappa shape index (κ2) is 8.92. The summed E-state index contributed by atoms with van der Waals surface area (Å²) in [7, 11) is -4.03. The number of rotatable bonds is 6. The van der Waals surface area contributed by atoms with Gasteiger partial charge in [0, 0.05) is 18.2 Å². The van der Waals surface area contributed by atoms with Crippen LogP contribution in [0.4, 0.5) is 10.1 Å². The molecular formula is C21H25FN2O4S. The number of para-hydroxylation sites is 1. The third kappa shape index (κ3) is 5.33. The van der Waals surface area contributed by atoms with Crippen LogP contribution in [0.1, 0.15) is 37.0 Å². The zero-order valence-electron chi connectivity index (χ0n) is 16.4. The summed E-state index contributed by atoms with van der Waals surface area (Å²) in [5, 5.41) is 2.96. The van der Waals surface area contributed by atoms with E-state index in [4.69, 9.17) is 4.74 Å².